The maximum atomic E-state index is 11.4. The largest absolute Gasteiger partial charge is 0.407 e. The quantitative estimate of drug-likeness (QED) is 0.605. The van der Waals surface area contributed by atoms with Crippen LogP contribution in [0.3, 0.4) is 0 Å². The number of halogens is 3. The first kappa shape index (κ1) is 9.70. The molecular formula is C3H5F3O3S. The lowest BCUT2D eigenvalue weighted by Gasteiger charge is -2.10. The Labute approximate surface area is 55.6 Å². The molecule has 0 heterocycles. The minimum Gasteiger partial charge on any atom is -0.285 e. The van der Waals surface area contributed by atoms with Crippen molar-refractivity contribution in [3.8, 4) is 0 Å². The van der Waals surface area contributed by atoms with Crippen LogP contribution >= 0.6 is 0 Å². The highest BCUT2D eigenvalue weighted by atomic mass is 32.2. The van der Waals surface area contributed by atoms with Gasteiger partial charge in [-0.25, -0.2) is 0 Å². The molecule has 0 fully saturated rings. The Balaban J connectivity index is 4.56. The summed E-state index contributed by atoms with van der Waals surface area (Å²) in [4.78, 5) is 0. The zero-order chi connectivity index (χ0) is 8.58. The molecule has 10 heavy (non-hydrogen) atoms. The van der Waals surface area contributed by atoms with Crippen molar-refractivity contribution in [2.75, 3.05) is 0 Å². The van der Waals surface area contributed by atoms with Crippen molar-refractivity contribution in [1.29, 1.82) is 0 Å². The van der Waals surface area contributed by atoms with Crippen LogP contribution in [0, 0.1) is 0 Å². The van der Waals surface area contributed by atoms with Gasteiger partial charge in [0.05, 0.1) is 0 Å². The first-order valence-electron chi connectivity index (χ1n) is 2.18. The number of alkyl halides is 3. The normalized spacial score (nSPS) is 16.9. The molecule has 1 unspecified atom stereocenters. The third-order valence-electron chi connectivity index (χ3n) is 0.908. The zero-order valence-electron chi connectivity index (χ0n) is 4.88. The molecular weight excluding hydrogens is 173 g/mol. The molecule has 0 aromatic heterocycles. The topological polar surface area (TPSA) is 54.4 Å². The average Bonchev–Trinajstić information content (AvgIpc) is 1.59. The van der Waals surface area contributed by atoms with E-state index in [0.717, 1.165) is 0 Å². The van der Waals surface area contributed by atoms with Gasteiger partial charge in [0.15, 0.2) is 5.25 Å². The van der Waals surface area contributed by atoms with Gasteiger partial charge in [0, 0.05) is 0 Å². The van der Waals surface area contributed by atoms with E-state index in [4.69, 9.17) is 4.55 Å². The summed E-state index contributed by atoms with van der Waals surface area (Å²) in [5.41, 5.74) is 0. The summed E-state index contributed by atoms with van der Waals surface area (Å²) >= 11 is 0. The first-order chi connectivity index (χ1) is 4.15. The van der Waals surface area contributed by atoms with Crippen LogP contribution in [0.1, 0.15) is 6.92 Å². The van der Waals surface area contributed by atoms with Crippen LogP contribution in [-0.2, 0) is 10.1 Å². The van der Waals surface area contributed by atoms with Crippen LogP contribution in [0.5, 0.6) is 0 Å². The van der Waals surface area contributed by atoms with Crippen LogP contribution in [0.2, 0.25) is 0 Å². The molecule has 0 rings (SSSR count). The fourth-order valence-electron chi connectivity index (χ4n) is 0.169. The van der Waals surface area contributed by atoms with Gasteiger partial charge in [0.25, 0.3) is 10.1 Å². The monoisotopic (exact) mass is 178 g/mol. The molecule has 0 bridgehead atoms. The van der Waals surface area contributed by atoms with Crippen LogP contribution in [0.15, 0.2) is 0 Å². The van der Waals surface area contributed by atoms with Crippen LogP contribution in [0.25, 0.3) is 0 Å². The van der Waals surface area contributed by atoms with Crippen LogP contribution in [-0.4, -0.2) is 24.4 Å². The molecule has 3 nitrogen and oxygen atoms in total. The highest BCUT2D eigenvalue weighted by molar-refractivity contribution is 7.86. The molecule has 0 amide bonds. The van der Waals surface area contributed by atoms with Gasteiger partial charge < -0.3 is 0 Å². The van der Waals surface area contributed by atoms with E-state index >= 15 is 0 Å². The van der Waals surface area contributed by atoms with Gasteiger partial charge in [-0.1, -0.05) is 0 Å². The molecule has 0 aromatic rings. The Morgan fingerprint density at radius 3 is 1.70 bits per heavy atom. The molecule has 0 aromatic carbocycles. The van der Waals surface area contributed by atoms with Gasteiger partial charge in [-0.3, -0.25) is 4.55 Å². The lowest BCUT2D eigenvalue weighted by Crippen LogP contribution is -2.33. The maximum Gasteiger partial charge on any atom is 0.407 e. The Morgan fingerprint density at radius 2 is 1.70 bits per heavy atom. The molecule has 0 aliphatic carbocycles. The number of hydrogen-bond acceptors (Lipinski definition) is 2. The minimum absolute atomic E-state index is 0.370. The Hall–Kier alpha value is -0.300. The first-order valence-corrected chi connectivity index (χ1v) is 3.69. The van der Waals surface area contributed by atoms with Crippen molar-refractivity contribution in [3.63, 3.8) is 0 Å². The maximum absolute atomic E-state index is 11.4. The molecule has 7 heteroatoms. The summed E-state index contributed by atoms with van der Waals surface area (Å²) in [5.74, 6) is 0. The van der Waals surface area contributed by atoms with E-state index in [9.17, 15) is 21.6 Å². The van der Waals surface area contributed by atoms with Gasteiger partial charge in [-0.05, 0) is 6.92 Å². The van der Waals surface area contributed by atoms with Crippen molar-refractivity contribution in [3.05, 3.63) is 0 Å². The fourth-order valence-corrected chi connectivity index (χ4v) is 0.507. The molecule has 0 saturated heterocycles. The zero-order valence-corrected chi connectivity index (χ0v) is 5.70. The van der Waals surface area contributed by atoms with Crippen molar-refractivity contribution in [1.82, 2.24) is 0 Å². The highest BCUT2D eigenvalue weighted by Gasteiger charge is 2.44. The molecule has 0 aliphatic rings. The summed E-state index contributed by atoms with van der Waals surface area (Å²) in [6, 6.07) is 0. The lowest BCUT2D eigenvalue weighted by atomic mass is 10.5. The average molecular weight is 178 g/mol. The predicted molar refractivity (Wildman–Crippen MR) is 27.1 cm³/mol. The summed E-state index contributed by atoms with van der Waals surface area (Å²) in [6.07, 6.45) is -4.90. The highest BCUT2D eigenvalue weighted by Crippen LogP contribution is 2.24. The van der Waals surface area contributed by atoms with E-state index in [1.165, 1.54) is 0 Å². The van der Waals surface area contributed by atoms with Gasteiger partial charge in [0.2, 0.25) is 0 Å². The Kier molecular flexibility index (Phi) is 2.32. The van der Waals surface area contributed by atoms with Gasteiger partial charge >= 0.3 is 6.18 Å². The van der Waals surface area contributed by atoms with Gasteiger partial charge in [-0.2, -0.15) is 21.6 Å². The summed E-state index contributed by atoms with van der Waals surface area (Å²) in [5, 5.41) is -2.71. The molecule has 62 valence electrons. The van der Waals surface area contributed by atoms with E-state index < -0.39 is 21.5 Å². The van der Waals surface area contributed by atoms with E-state index in [0.29, 0.717) is 6.92 Å². The summed E-state index contributed by atoms with van der Waals surface area (Å²) in [7, 11) is -4.99. The van der Waals surface area contributed by atoms with Crippen molar-refractivity contribution < 1.29 is 26.1 Å². The Bertz CT molecular complexity index is 204. The second-order valence-electron chi connectivity index (χ2n) is 1.70. The molecule has 0 saturated carbocycles. The number of rotatable bonds is 1. The Morgan fingerprint density at radius 1 is 1.40 bits per heavy atom. The number of hydrogen-bond donors (Lipinski definition) is 1. The van der Waals surface area contributed by atoms with Crippen molar-refractivity contribution in [2.24, 2.45) is 0 Å². The third-order valence-corrected chi connectivity index (χ3v) is 2.07. The second-order valence-corrected chi connectivity index (χ2v) is 3.44. The predicted octanol–water partition coefficient (Wildman–Crippen LogP) is 0.825. The summed E-state index contributed by atoms with van der Waals surface area (Å²) in [6.45, 7) is 0.370. The molecule has 0 aliphatic heterocycles. The van der Waals surface area contributed by atoms with E-state index in [1.54, 1.807) is 0 Å². The lowest BCUT2D eigenvalue weighted by molar-refractivity contribution is -0.128. The van der Waals surface area contributed by atoms with E-state index in [-0.39, 0.29) is 0 Å². The molecule has 0 spiro atoms. The van der Waals surface area contributed by atoms with Crippen LogP contribution < -0.4 is 0 Å². The molecule has 1 N–H and O–H groups in total. The molecule has 0 radical (unpaired) electrons. The van der Waals surface area contributed by atoms with Gasteiger partial charge in [0.1, 0.15) is 0 Å². The summed E-state index contributed by atoms with van der Waals surface area (Å²) < 4.78 is 61.7. The van der Waals surface area contributed by atoms with Crippen LogP contribution in [0.4, 0.5) is 13.2 Å². The fraction of sp³-hybridized carbons (Fsp3) is 1.00. The van der Waals surface area contributed by atoms with Crippen molar-refractivity contribution >= 4 is 10.1 Å². The van der Waals surface area contributed by atoms with E-state index in [1.807, 2.05) is 0 Å². The second kappa shape index (κ2) is 2.39. The van der Waals surface area contributed by atoms with E-state index in [2.05, 4.69) is 0 Å². The van der Waals surface area contributed by atoms with Crippen molar-refractivity contribution in [2.45, 2.75) is 18.3 Å². The van der Waals surface area contributed by atoms with Gasteiger partial charge in [-0.15, -0.1) is 0 Å². The minimum atomic E-state index is -4.99. The molecule has 1 atom stereocenters. The third kappa shape index (κ3) is 2.53. The SMILES string of the molecule is CC(C(F)(F)F)S(=O)(=O)O. The standard InChI is InChI=1S/C3H5F3O3S/c1-2(3(4,5)6)10(7,8)9/h2H,1H3,(H,7,8,9). The smallest absolute Gasteiger partial charge is 0.285 e.